The van der Waals surface area contributed by atoms with Gasteiger partial charge < -0.3 is 10.1 Å². The lowest BCUT2D eigenvalue weighted by molar-refractivity contribution is 0.0147. The SMILES string of the molecule is Fc1cc(Br)cc(CC2(CNC3CC3)CCOCC2)c1. The van der Waals surface area contributed by atoms with E-state index in [2.05, 4.69) is 21.2 Å². The molecule has 0 bridgehead atoms. The molecule has 1 heterocycles. The summed E-state index contributed by atoms with van der Waals surface area (Å²) in [6, 6.07) is 5.94. The van der Waals surface area contributed by atoms with E-state index in [1.165, 1.54) is 18.9 Å². The van der Waals surface area contributed by atoms with Crippen LogP contribution >= 0.6 is 15.9 Å². The number of halogens is 2. The van der Waals surface area contributed by atoms with Crippen LogP contribution in [0.1, 0.15) is 31.2 Å². The zero-order chi connectivity index (χ0) is 14.0. The molecule has 0 spiro atoms. The first kappa shape index (κ1) is 14.5. The predicted octanol–water partition coefficient (Wildman–Crippen LogP) is 3.68. The molecule has 1 saturated carbocycles. The smallest absolute Gasteiger partial charge is 0.124 e. The third-order valence-corrected chi connectivity index (χ3v) is 4.86. The van der Waals surface area contributed by atoms with Crippen molar-refractivity contribution in [1.82, 2.24) is 5.32 Å². The highest BCUT2D eigenvalue weighted by molar-refractivity contribution is 9.10. The van der Waals surface area contributed by atoms with E-state index in [9.17, 15) is 4.39 Å². The van der Waals surface area contributed by atoms with Gasteiger partial charge in [0.25, 0.3) is 0 Å². The minimum Gasteiger partial charge on any atom is -0.381 e. The number of hydrogen-bond donors (Lipinski definition) is 1. The molecule has 2 nitrogen and oxygen atoms in total. The maximum atomic E-state index is 13.6. The molecule has 20 heavy (non-hydrogen) atoms. The molecule has 0 radical (unpaired) electrons. The Morgan fingerprint density at radius 2 is 2.00 bits per heavy atom. The van der Waals surface area contributed by atoms with Crippen molar-refractivity contribution in [3.05, 3.63) is 34.1 Å². The summed E-state index contributed by atoms with van der Waals surface area (Å²) in [5.41, 5.74) is 1.30. The van der Waals surface area contributed by atoms with E-state index in [4.69, 9.17) is 4.74 Å². The molecule has 4 heteroatoms. The molecule has 3 rings (SSSR count). The van der Waals surface area contributed by atoms with E-state index in [1.54, 1.807) is 6.07 Å². The molecular weight excluding hydrogens is 321 g/mol. The largest absolute Gasteiger partial charge is 0.381 e. The fourth-order valence-electron chi connectivity index (χ4n) is 3.01. The molecule has 2 aliphatic rings. The highest BCUT2D eigenvalue weighted by Crippen LogP contribution is 2.35. The number of nitrogens with one attached hydrogen (secondary N) is 1. The molecule has 0 aromatic heterocycles. The van der Waals surface area contributed by atoms with Crippen molar-refractivity contribution in [3.8, 4) is 0 Å². The Labute approximate surface area is 128 Å². The monoisotopic (exact) mass is 341 g/mol. The van der Waals surface area contributed by atoms with Gasteiger partial charge >= 0.3 is 0 Å². The van der Waals surface area contributed by atoms with Crippen LogP contribution in [0.25, 0.3) is 0 Å². The summed E-state index contributed by atoms with van der Waals surface area (Å²) >= 11 is 3.39. The second-order valence-corrected chi connectivity index (χ2v) is 7.14. The van der Waals surface area contributed by atoms with Crippen LogP contribution in [-0.4, -0.2) is 25.8 Å². The van der Waals surface area contributed by atoms with Crippen LogP contribution in [0.2, 0.25) is 0 Å². The molecule has 0 amide bonds. The quantitative estimate of drug-likeness (QED) is 0.881. The van der Waals surface area contributed by atoms with Gasteiger partial charge in [0.2, 0.25) is 0 Å². The van der Waals surface area contributed by atoms with E-state index < -0.39 is 0 Å². The van der Waals surface area contributed by atoms with Gasteiger partial charge in [0, 0.05) is 30.3 Å². The molecule has 110 valence electrons. The zero-order valence-electron chi connectivity index (χ0n) is 11.6. The average molecular weight is 342 g/mol. The lowest BCUT2D eigenvalue weighted by Crippen LogP contribution is -2.41. The van der Waals surface area contributed by atoms with Gasteiger partial charge in [-0.15, -0.1) is 0 Å². The number of hydrogen-bond acceptors (Lipinski definition) is 2. The molecule has 0 atom stereocenters. The van der Waals surface area contributed by atoms with Gasteiger partial charge in [-0.05, 0) is 61.3 Å². The van der Waals surface area contributed by atoms with Crippen molar-refractivity contribution in [2.75, 3.05) is 19.8 Å². The van der Waals surface area contributed by atoms with Crippen LogP contribution in [0.3, 0.4) is 0 Å². The third-order valence-electron chi connectivity index (χ3n) is 4.40. The Kier molecular flexibility index (Phi) is 4.43. The minimum absolute atomic E-state index is 0.160. The molecule has 1 N–H and O–H groups in total. The molecule has 1 aromatic rings. The van der Waals surface area contributed by atoms with Crippen molar-refractivity contribution in [2.45, 2.75) is 38.1 Å². The average Bonchev–Trinajstić information content (AvgIpc) is 3.20. The van der Waals surface area contributed by atoms with Crippen molar-refractivity contribution < 1.29 is 9.13 Å². The molecule has 1 aliphatic carbocycles. The van der Waals surface area contributed by atoms with Gasteiger partial charge in [0.15, 0.2) is 0 Å². The molecule has 1 aliphatic heterocycles. The second kappa shape index (κ2) is 6.12. The van der Waals surface area contributed by atoms with E-state index in [0.29, 0.717) is 6.04 Å². The second-order valence-electron chi connectivity index (χ2n) is 6.22. The van der Waals surface area contributed by atoms with Gasteiger partial charge in [-0.1, -0.05) is 15.9 Å². The predicted molar refractivity (Wildman–Crippen MR) is 81.3 cm³/mol. The van der Waals surface area contributed by atoms with Crippen LogP contribution in [-0.2, 0) is 11.2 Å². The maximum absolute atomic E-state index is 13.6. The Morgan fingerprint density at radius 3 is 2.65 bits per heavy atom. The van der Waals surface area contributed by atoms with Crippen molar-refractivity contribution in [1.29, 1.82) is 0 Å². The normalized spacial score (nSPS) is 21.9. The summed E-state index contributed by atoms with van der Waals surface area (Å²) in [6.45, 7) is 2.67. The Bertz CT molecular complexity index is 449. The Hall–Kier alpha value is -0.450. The highest BCUT2D eigenvalue weighted by Gasteiger charge is 2.34. The molecule has 2 fully saturated rings. The van der Waals surface area contributed by atoms with Crippen molar-refractivity contribution in [3.63, 3.8) is 0 Å². The summed E-state index contributed by atoms with van der Waals surface area (Å²) in [4.78, 5) is 0. The topological polar surface area (TPSA) is 21.3 Å². The van der Waals surface area contributed by atoms with Crippen LogP contribution in [0.15, 0.2) is 22.7 Å². The van der Waals surface area contributed by atoms with E-state index in [-0.39, 0.29) is 11.2 Å². The maximum Gasteiger partial charge on any atom is 0.124 e. The molecule has 1 saturated heterocycles. The number of ether oxygens (including phenoxy) is 1. The molecule has 0 unspecified atom stereocenters. The van der Waals surface area contributed by atoms with E-state index in [1.807, 2.05) is 6.07 Å². The Balaban J connectivity index is 1.73. The van der Waals surface area contributed by atoms with Gasteiger partial charge in [0.05, 0.1) is 0 Å². The standard InChI is InChI=1S/C16H21BrFNO/c17-13-7-12(8-14(18)9-13)10-16(3-5-20-6-4-16)11-19-15-1-2-15/h7-9,15,19H,1-6,10-11H2. The lowest BCUT2D eigenvalue weighted by Gasteiger charge is -2.38. The highest BCUT2D eigenvalue weighted by atomic mass is 79.9. The van der Waals surface area contributed by atoms with Crippen LogP contribution in [0.4, 0.5) is 4.39 Å². The van der Waals surface area contributed by atoms with Gasteiger partial charge in [0.1, 0.15) is 5.82 Å². The van der Waals surface area contributed by atoms with Crippen LogP contribution in [0.5, 0.6) is 0 Å². The minimum atomic E-state index is -0.160. The first-order valence-electron chi connectivity index (χ1n) is 7.41. The molecule has 1 aromatic carbocycles. The summed E-state index contributed by atoms with van der Waals surface area (Å²) in [5.74, 6) is -0.160. The lowest BCUT2D eigenvalue weighted by atomic mass is 9.75. The summed E-state index contributed by atoms with van der Waals surface area (Å²) < 4.78 is 19.9. The summed E-state index contributed by atoms with van der Waals surface area (Å²) in [6.07, 6.45) is 5.64. The first-order chi connectivity index (χ1) is 9.65. The van der Waals surface area contributed by atoms with Crippen molar-refractivity contribution in [2.24, 2.45) is 5.41 Å². The number of rotatable bonds is 5. The Morgan fingerprint density at radius 1 is 1.25 bits per heavy atom. The van der Waals surface area contributed by atoms with Crippen molar-refractivity contribution >= 4 is 15.9 Å². The van der Waals surface area contributed by atoms with E-state index in [0.717, 1.165) is 49.1 Å². The number of benzene rings is 1. The zero-order valence-corrected chi connectivity index (χ0v) is 13.2. The van der Waals surface area contributed by atoms with E-state index >= 15 is 0 Å². The summed E-state index contributed by atoms with van der Waals surface area (Å²) in [5, 5.41) is 3.66. The van der Waals surface area contributed by atoms with Gasteiger partial charge in [-0.2, -0.15) is 0 Å². The van der Waals surface area contributed by atoms with Crippen LogP contribution in [0, 0.1) is 11.2 Å². The molecular formula is C16H21BrFNO. The third kappa shape index (κ3) is 3.80. The van der Waals surface area contributed by atoms with Gasteiger partial charge in [-0.3, -0.25) is 0 Å². The summed E-state index contributed by atoms with van der Waals surface area (Å²) in [7, 11) is 0. The fraction of sp³-hybridized carbons (Fsp3) is 0.625. The first-order valence-corrected chi connectivity index (χ1v) is 8.21. The van der Waals surface area contributed by atoms with Gasteiger partial charge in [-0.25, -0.2) is 4.39 Å². The fourth-order valence-corrected chi connectivity index (χ4v) is 3.53. The van der Waals surface area contributed by atoms with Crippen LogP contribution < -0.4 is 5.32 Å².